The van der Waals surface area contributed by atoms with E-state index in [1.54, 1.807) is 20.5 Å². The molecule has 1 aromatic heterocycles. The highest BCUT2D eigenvalue weighted by molar-refractivity contribution is 5.91. The highest BCUT2D eigenvalue weighted by Gasteiger charge is 2.44. The van der Waals surface area contributed by atoms with E-state index >= 15 is 0 Å². The summed E-state index contributed by atoms with van der Waals surface area (Å²) >= 11 is 0. The van der Waals surface area contributed by atoms with Crippen molar-refractivity contribution in [3.63, 3.8) is 0 Å². The largest absolute Gasteiger partial charge is 0.504 e. The second-order valence-corrected chi connectivity index (χ2v) is 9.24. The number of aromatic amines is 1. The summed E-state index contributed by atoms with van der Waals surface area (Å²) in [4.78, 5) is 19.0. The smallest absolute Gasteiger partial charge is 0.337 e. The maximum Gasteiger partial charge on any atom is 0.337 e. The number of piperidine rings is 1. The second kappa shape index (κ2) is 8.23. The number of fused-ring (bicyclic) bond motifs is 5. The van der Waals surface area contributed by atoms with Gasteiger partial charge in [-0.05, 0) is 48.8 Å². The zero-order valence-corrected chi connectivity index (χ0v) is 18.6. The monoisotopic (exact) mass is 424 g/mol. The van der Waals surface area contributed by atoms with Crippen LogP contribution in [0.1, 0.15) is 43.0 Å². The zero-order chi connectivity index (χ0) is 21.5. The molecule has 0 bridgehead atoms. The van der Waals surface area contributed by atoms with E-state index in [0.29, 0.717) is 11.5 Å². The Kier molecular flexibility index (Phi) is 5.42. The molecule has 0 unspecified atom stereocenters. The zero-order valence-electron chi connectivity index (χ0n) is 18.6. The van der Waals surface area contributed by atoms with Crippen molar-refractivity contribution in [1.82, 2.24) is 9.88 Å². The molecule has 2 aromatic rings. The number of methoxy groups -OCH3 is 3. The van der Waals surface area contributed by atoms with Gasteiger partial charge in [0.1, 0.15) is 5.75 Å². The van der Waals surface area contributed by atoms with Gasteiger partial charge in [0.15, 0.2) is 0 Å². The van der Waals surface area contributed by atoms with Crippen LogP contribution in [0.4, 0.5) is 0 Å². The fraction of sp³-hybridized carbons (Fsp3) is 0.560. The molecule has 2 aliphatic heterocycles. The molecule has 6 heteroatoms. The lowest BCUT2D eigenvalue weighted by Crippen LogP contribution is -2.47. The number of rotatable bonds is 6. The molecule has 1 saturated heterocycles. The van der Waals surface area contributed by atoms with Gasteiger partial charge in [0.25, 0.3) is 0 Å². The Labute approximate surface area is 183 Å². The average molecular weight is 425 g/mol. The van der Waals surface area contributed by atoms with Gasteiger partial charge in [-0.2, -0.15) is 0 Å². The van der Waals surface area contributed by atoms with Crippen LogP contribution in [0, 0.1) is 17.8 Å². The Morgan fingerprint density at radius 3 is 2.81 bits per heavy atom. The quantitative estimate of drug-likeness (QED) is 0.427. The molecule has 31 heavy (non-hydrogen) atoms. The van der Waals surface area contributed by atoms with Crippen LogP contribution in [-0.4, -0.2) is 50.3 Å². The van der Waals surface area contributed by atoms with Crippen LogP contribution in [0.2, 0.25) is 0 Å². The van der Waals surface area contributed by atoms with Crippen LogP contribution in [0.5, 0.6) is 5.75 Å². The standard InChI is InChI=1S/C25H32N2O4/c1-29-14-19(25(28)31-3)18-12-21-24-17(23-20(26-24)5-4-6-22(23)30-2)9-10-27(21)13-16(18)11-15-7-8-15/h4-6,14-16,18,21,26H,7-13H2,1-3H3/b19-14+/t16-,18+,21+/m1/s1. The summed E-state index contributed by atoms with van der Waals surface area (Å²) in [6.07, 6.45) is 7.35. The molecule has 1 aromatic carbocycles. The first-order valence-corrected chi connectivity index (χ1v) is 11.4. The summed E-state index contributed by atoms with van der Waals surface area (Å²) in [5, 5.41) is 1.21. The predicted octanol–water partition coefficient (Wildman–Crippen LogP) is 4.22. The summed E-state index contributed by atoms with van der Waals surface area (Å²) in [6, 6.07) is 6.45. The van der Waals surface area contributed by atoms with Crippen molar-refractivity contribution in [1.29, 1.82) is 0 Å². The molecule has 0 amide bonds. The Hall–Kier alpha value is -2.47. The number of aromatic nitrogens is 1. The minimum atomic E-state index is -0.268. The topological polar surface area (TPSA) is 63.8 Å². The highest BCUT2D eigenvalue weighted by atomic mass is 16.5. The molecule has 166 valence electrons. The van der Waals surface area contributed by atoms with Crippen LogP contribution < -0.4 is 4.74 Å². The van der Waals surface area contributed by atoms with Crippen molar-refractivity contribution in [2.24, 2.45) is 17.8 Å². The summed E-state index contributed by atoms with van der Waals surface area (Å²) in [7, 11) is 4.80. The van der Waals surface area contributed by atoms with Gasteiger partial charge >= 0.3 is 5.97 Å². The minimum Gasteiger partial charge on any atom is -0.504 e. The number of hydrogen-bond acceptors (Lipinski definition) is 5. The van der Waals surface area contributed by atoms with Gasteiger partial charge in [-0.15, -0.1) is 0 Å². The molecule has 5 rings (SSSR count). The van der Waals surface area contributed by atoms with Gasteiger partial charge in [0.05, 0.1) is 39.2 Å². The number of hydrogen-bond donors (Lipinski definition) is 1. The molecular formula is C25H32N2O4. The van der Waals surface area contributed by atoms with Crippen LogP contribution in [0.3, 0.4) is 0 Å². The van der Waals surface area contributed by atoms with E-state index in [9.17, 15) is 4.79 Å². The molecule has 0 spiro atoms. The number of H-pyrrole nitrogens is 1. The summed E-state index contributed by atoms with van der Waals surface area (Å²) in [5.41, 5.74) is 4.45. The third kappa shape index (κ3) is 3.61. The summed E-state index contributed by atoms with van der Waals surface area (Å²) in [5.74, 6) is 2.05. The maximum atomic E-state index is 12.7. The lowest BCUT2D eigenvalue weighted by molar-refractivity contribution is -0.137. The second-order valence-electron chi connectivity index (χ2n) is 9.24. The normalized spacial score (nSPS) is 26.3. The van der Waals surface area contributed by atoms with Crippen molar-refractivity contribution in [3.05, 3.63) is 41.3 Å². The number of nitrogens with zero attached hydrogens (tertiary/aromatic N) is 1. The molecule has 3 aliphatic rings. The minimum absolute atomic E-state index is 0.133. The molecule has 3 heterocycles. The van der Waals surface area contributed by atoms with E-state index in [2.05, 4.69) is 16.0 Å². The summed E-state index contributed by atoms with van der Waals surface area (Å²) < 4.78 is 16.2. The van der Waals surface area contributed by atoms with Crippen molar-refractivity contribution in [2.45, 2.75) is 38.1 Å². The Morgan fingerprint density at radius 2 is 2.10 bits per heavy atom. The highest BCUT2D eigenvalue weighted by Crippen LogP contribution is 2.49. The van der Waals surface area contributed by atoms with Gasteiger partial charge in [0, 0.05) is 35.6 Å². The van der Waals surface area contributed by atoms with Gasteiger partial charge in [-0.25, -0.2) is 4.79 Å². The van der Waals surface area contributed by atoms with E-state index in [0.717, 1.165) is 43.1 Å². The van der Waals surface area contributed by atoms with Crippen LogP contribution in [0.15, 0.2) is 30.0 Å². The van der Waals surface area contributed by atoms with E-state index in [-0.39, 0.29) is 17.9 Å². The first-order valence-electron chi connectivity index (χ1n) is 11.4. The van der Waals surface area contributed by atoms with Crippen molar-refractivity contribution in [3.8, 4) is 5.75 Å². The van der Waals surface area contributed by atoms with Crippen LogP contribution in [-0.2, 0) is 20.7 Å². The Balaban J connectivity index is 1.54. The molecule has 2 fully saturated rings. The molecule has 1 N–H and O–H groups in total. The lowest BCUT2D eigenvalue weighted by Gasteiger charge is -2.46. The first-order chi connectivity index (χ1) is 15.1. The van der Waals surface area contributed by atoms with E-state index in [1.807, 2.05) is 12.1 Å². The molecular weight excluding hydrogens is 392 g/mol. The van der Waals surface area contributed by atoms with Crippen molar-refractivity contribution < 1.29 is 19.0 Å². The third-order valence-electron chi connectivity index (χ3n) is 7.48. The number of nitrogens with one attached hydrogen (secondary N) is 1. The summed E-state index contributed by atoms with van der Waals surface area (Å²) in [6.45, 7) is 2.05. The van der Waals surface area contributed by atoms with Crippen LogP contribution >= 0.6 is 0 Å². The third-order valence-corrected chi connectivity index (χ3v) is 7.48. The fourth-order valence-corrected chi connectivity index (χ4v) is 5.89. The fourth-order valence-electron chi connectivity index (χ4n) is 5.89. The maximum absolute atomic E-state index is 12.7. The predicted molar refractivity (Wildman–Crippen MR) is 119 cm³/mol. The average Bonchev–Trinajstić information content (AvgIpc) is 3.52. The number of carbonyl (C=O) groups is 1. The van der Waals surface area contributed by atoms with Crippen molar-refractivity contribution in [2.75, 3.05) is 34.4 Å². The molecule has 6 nitrogen and oxygen atoms in total. The van der Waals surface area contributed by atoms with E-state index in [4.69, 9.17) is 14.2 Å². The number of esters is 1. The van der Waals surface area contributed by atoms with Gasteiger partial charge in [-0.1, -0.05) is 18.9 Å². The first kappa shape index (κ1) is 20.4. The van der Waals surface area contributed by atoms with Gasteiger partial charge < -0.3 is 19.2 Å². The SMILES string of the molecule is CO/C=C(/C(=O)OC)[C@H]1C[C@H]2c3[nH]c4cccc(OC)c4c3CCN2C[C@H]1CC1CC1. The van der Waals surface area contributed by atoms with E-state index in [1.165, 1.54) is 43.0 Å². The Bertz CT molecular complexity index is 1010. The Morgan fingerprint density at radius 1 is 1.26 bits per heavy atom. The lowest BCUT2D eigenvalue weighted by atomic mass is 9.73. The molecule has 1 aliphatic carbocycles. The van der Waals surface area contributed by atoms with Crippen LogP contribution in [0.25, 0.3) is 10.9 Å². The van der Waals surface area contributed by atoms with E-state index < -0.39 is 0 Å². The number of benzene rings is 1. The van der Waals surface area contributed by atoms with Crippen molar-refractivity contribution >= 4 is 16.9 Å². The number of ether oxygens (including phenoxy) is 3. The molecule has 0 radical (unpaired) electrons. The number of carbonyl (C=O) groups excluding carboxylic acids is 1. The molecule has 1 saturated carbocycles. The molecule has 3 atom stereocenters. The van der Waals surface area contributed by atoms with Gasteiger partial charge in [-0.3, -0.25) is 4.90 Å². The van der Waals surface area contributed by atoms with Gasteiger partial charge in [0.2, 0.25) is 0 Å².